The van der Waals surface area contributed by atoms with Gasteiger partial charge in [0.1, 0.15) is 6.04 Å². The Labute approximate surface area is 121 Å². The van der Waals surface area contributed by atoms with Crippen LogP contribution in [0.15, 0.2) is 0 Å². The van der Waals surface area contributed by atoms with Gasteiger partial charge in [0.15, 0.2) is 0 Å². The average molecular weight is 296 g/mol. The summed E-state index contributed by atoms with van der Waals surface area (Å²) >= 11 is 0. The van der Waals surface area contributed by atoms with Gasteiger partial charge in [-0.1, -0.05) is 13.8 Å². The van der Waals surface area contributed by atoms with Crippen LogP contribution in [0.2, 0.25) is 0 Å². The van der Waals surface area contributed by atoms with E-state index in [1.54, 1.807) is 14.0 Å². The maximum Gasteiger partial charge on any atom is 0.242 e. The minimum Gasteiger partial charge on any atom is -0.383 e. The molecule has 6 nitrogen and oxygen atoms in total. The number of ether oxygens (including phenoxy) is 1. The van der Waals surface area contributed by atoms with E-state index in [-0.39, 0.29) is 24.2 Å². The summed E-state index contributed by atoms with van der Waals surface area (Å²) in [7, 11) is 1.57. The first kappa shape index (κ1) is 20.5. The van der Waals surface area contributed by atoms with E-state index < -0.39 is 12.1 Å². The summed E-state index contributed by atoms with van der Waals surface area (Å²) in [6.45, 7) is 6.45. The second-order valence-corrected chi connectivity index (χ2v) is 4.76. The summed E-state index contributed by atoms with van der Waals surface area (Å²) in [4.78, 5) is 23.4. The van der Waals surface area contributed by atoms with Crippen LogP contribution in [0.3, 0.4) is 0 Å². The van der Waals surface area contributed by atoms with E-state index in [1.807, 2.05) is 13.8 Å². The monoisotopic (exact) mass is 295 g/mol. The van der Waals surface area contributed by atoms with Gasteiger partial charge in [-0.2, -0.15) is 0 Å². The predicted molar refractivity (Wildman–Crippen MR) is 77.2 cm³/mol. The molecule has 1 unspecified atom stereocenters. The molecule has 4 N–H and O–H groups in total. The molecule has 0 aliphatic carbocycles. The minimum atomic E-state index is -0.619. The summed E-state index contributed by atoms with van der Waals surface area (Å²) < 4.78 is 4.85. The van der Waals surface area contributed by atoms with Gasteiger partial charge in [-0.15, -0.1) is 12.4 Å². The Kier molecular flexibility index (Phi) is 11.9. The van der Waals surface area contributed by atoms with Crippen LogP contribution in [-0.4, -0.2) is 44.2 Å². The predicted octanol–water partition coefficient (Wildman–Crippen LogP) is 0.0489. The SMILES string of the molecule is COCCNC(=O)[C@H](CC(C)C)NC(=O)C(C)N.Cl. The van der Waals surface area contributed by atoms with Crippen molar-refractivity contribution in [2.24, 2.45) is 11.7 Å². The molecular weight excluding hydrogens is 270 g/mol. The third-order valence-electron chi connectivity index (χ3n) is 2.36. The molecular formula is C12H26ClN3O3. The number of nitrogens with two attached hydrogens (primary N) is 1. The summed E-state index contributed by atoms with van der Waals surface area (Å²) in [6.07, 6.45) is 0.581. The highest BCUT2D eigenvalue weighted by atomic mass is 35.5. The van der Waals surface area contributed by atoms with Gasteiger partial charge in [-0.05, 0) is 19.3 Å². The van der Waals surface area contributed by atoms with Gasteiger partial charge in [0.25, 0.3) is 0 Å². The molecule has 2 amide bonds. The summed E-state index contributed by atoms with van der Waals surface area (Å²) in [5.41, 5.74) is 5.47. The Morgan fingerprint density at radius 2 is 1.79 bits per heavy atom. The van der Waals surface area contributed by atoms with Crippen molar-refractivity contribution in [1.29, 1.82) is 0 Å². The van der Waals surface area contributed by atoms with E-state index in [0.717, 1.165) is 0 Å². The highest BCUT2D eigenvalue weighted by molar-refractivity contribution is 5.89. The average Bonchev–Trinajstić information content (AvgIpc) is 2.27. The third-order valence-corrected chi connectivity index (χ3v) is 2.36. The zero-order valence-electron chi connectivity index (χ0n) is 12.1. The van der Waals surface area contributed by atoms with Crippen LogP contribution in [0.25, 0.3) is 0 Å². The van der Waals surface area contributed by atoms with Crippen molar-refractivity contribution in [2.45, 2.75) is 39.3 Å². The summed E-state index contributed by atoms with van der Waals surface area (Å²) in [6, 6.07) is -1.16. The van der Waals surface area contributed by atoms with Crippen LogP contribution in [0.5, 0.6) is 0 Å². The number of carbonyl (C=O) groups excluding carboxylic acids is 2. The molecule has 0 radical (unpaired) electrons. The number of halogens is 1. The second kappa shape index (κ2) is 11.0. The molecule has 0 aliphatic rings. The highest BCUT2D eigenvalue weighted by Gasteiger charge is 2.22. The Bertz CT molecular complexity index is 273. The quantitative estimate of drug-likeness (QED) is 0.552. The smallest absolute Gasteiger partial charge is 0.242 e. The van der Waals surface area contributed by atoms with Crippen LogP contribution in [0.4, 0.5) is 0 Å². The van der Waals surface area contributed by atoms with E-state index >= 15 is 0 Å². The van der Waals surface area contributed by atoms with E-state index in [9.17, 15) is 9.59 Å². The molecule has 0 saturated heterocycles. The maximum atomic E-state index is 11.9. The van der Waals surface area contributed by atoms with Crippen LogP contribution >= 0.6 is 12.4 Å². The standard InChI is InChI=1S/C12H25N3O3.ClH/c1-8(2)7-10(15-11(16)9(3)13)12(17)14-5-6-18-4;/h8-10H,5-7,13H2,1-4H3,(H,14,17)(H,15,16);1H/t9?,10-;/m0./s1. The van der Waals surface area contributed by atoms with Gasteiger partial charge >= 0.3 is 0 Å². The number of rotatable bonds is 8. The van der Waals surface area contributed by atoms with Gasteiger partial charge in [-0.25, -0.2) is 0 Å². The Hall–Kier alpha value is -0.850. The molecule has 7 heteroatoms. The molecule has 0 rings (SSSR count). The van der Waals surface area contributed by atoms with Crippen LogP contribution < -0.4 is 16.4 Å². The molecule has 0 aromatic heterocycles. The first-order valence-corrected chi connectivity index (χ1v) is 6.21. The van der Waals surface area contributed by atoms with E-state index in [0.29, 0.717) is 25.5 Å². The highest BCUT2D eigenvalue weighted by Crippen LogP contribution is 2.05. The van der Waals surface area contributed by atoms with Crippen molar-refractivity contribution in [1.82, 2.24) is 10.6 Å². The van der Waals surface area contributed by atoms with E-state index in [1.165, 1.54) is 0 Å². The first-order valence-electron chi connectivity index (χ1n) is 6.21. The molecule has 19 heavy (non-hydrogen) atoms. The molecule has 0 spiro atoms. The number of hydrogen-bond acceptors (Lipinski definition) is 4. The largest absolute Gasteiger partial charge is 0.383 e. The molecule has 0 bridgehead atoms. The van der Waals surface area contributed by atoms with Gasteiger partial charge in [0, 0.05) is 13.7 Å². The lowest BCUT2D eigenvalue weighted by molar-refractivity contribution is -0.129. The van der Waals surface area contributed by atoms with E-state index in [2.05, 4.69) is 10.6 Å². The van der Waals surface area contributed by atoms with Crippen molar-refractivity contribution in [2.75, 3.05) is 20.3 Å². The van der Waals surface area contributed by atoms with Gasteiger partial charge in [0.05, 0.1) is 12.6 Å². The fourth-order valence-electron chi connectivity index (χ4n) is 1.41. The lowest BCUT2D eigenvalue weighted by atomic mass is 10.0. The fraction of sp³-hybridized carbons (Fsp3) is 0.833. The van der Waals surface area contributed by atoms with Crippen LogP contribution in [0.1, 0.15) is 27.2 Å². The second-order valence-electron chi connectivity index (χ2n) is 4.76. The molecule has 0 aromatic rings. The molecule has 0 fully saturated rings. The Balaban J connectivity index is 0. The number of hydrogen-bond donors (Lipinski definition) is 3. The lowest BCUT2D eigenvalue weighted by Crippen LogP contribution is -2.51. The first-order chi connectivity index (χ1) is 8.38. The molecule has 2 atom stereocenters. The lowest BCUT2D eigenvalue weighted by Gasteiger charge is -2.21. The Morgan fingerprint density at radius 3 is 2.21 bits per heavy atom. The zero-order valence-corrected chi connectivity index (χ0v) is 12.9. The molecule has 0 aliphatic heterocycles. The maximum absolute atomic E-state index is 11.9. The van der Waals surface area contributed by atoms with Crippen LogP contribution in [0, 0.1) is 5.92 Å². The van der Waals surface area contributed by atoms with Crippen molar-refractivity contribution >= 4 is 24.2 Å². The molecule has 114 valence electrons. The number of amides is 2. The number of methoxy groups -OCH3 is 1. The number of carbonyl (C=O) groups is 2. The fourth-order valence-corrected chi connectivity index (χ4v) is 1.41. The minimum absolute atomic E-state index is 0. The third kappa shape index (κ3) is 9.69. The molecule has 0 aromatic carbocycles. The van der Waals surface area contributed by atoms with Crippen molar-refractivity contribution in [3.05, 3.63) is 0 Å². The van der Waals surface area contributed by atoms with Gasteiger partial charge in [-0.3, -0.25) is 9.59 Å². The zero-order chi connectivity index (χ0) is 14.1. The summed E-state index contributed by atoms with van der Waals surface area (Å²) in [5.74, 6) is -0.214. The van der Waals surface area contributed by atoms with E-state index in [4.69, 9.17) is 10.5 Å². The number of nitrogens with one attached hydrogen (secondary N) is 2. The van der Waals surface area contributed by atoms with Gasteiger partial charge < -0.3 is 21.1 Å². The molecule has 0 heterocycles. The normalized spacial score (nSPS) is 13.4. The van der Waals surface area contributed by atoms with Gasteiger partial charge in [0.2, 0.25) is 11.8 Å². The van der Waals surface area contributed by atoms with Crippen molar-refractivity contribution < 1.29 is 14.3 Å². The summed E-state index contributed by atoms with van der Waals surface area (Å²) in [5, 5.41) is 5.37. The molecule has 0 saturated carbocycles. The van der Waals surface area contributed by atoms with Crippen molar-refractivity contribution in [3.8, 4) is 0 Å². The van der Waals surface area contributed by atoms with Crippen LogP contribution in [-0.2, 0) is 14.3 Å². The topological polar surface area (TPSA) is 93.5 Å². The Morgan fingerprint density at radius 1 is 1.21 bits per heavy atom. The van der Waals surface area contributed by atoms with Crippen molar-refractivity contribution in [3.63, 3.8) is 0 Å².